The molecule has 0 aliphatic carbocycles. The number of nitrogens with one attached hydrogen (secondary N) is 1. The predicted molar refractivity (Wildman–Crippen MR) is 110 cm³/mol. The highest BCUT2D eigenvalue weighted by Crippen LogP contribution is 2.26. The Morgan fingerprint density at radius 3 is 2.37 bits per heavy atom. The summed E-state index contributed by atoms with van der Waals surface area (Å²) in [7, 11) is 0. The highest BCUT2D eigenvalue weighted by molar-refractivity contribution is 6.08. The molecular formula is C20H26F2N4O4. The number of rotatable bonds is 8. The van der Waals surface area contributed by atoms with Crippen molar-refractivity contribution in [2.75, 3.05) is 17.2 Å². The number of H-pyrrole nitrogens is 1. The maximum atomic E-state index is 13.3. The number of carbonyl (C=O) groups excluding carboxylic acids is 1. The van der Waals surface area contributed by atoms with Gasteiger partial charge in [-0.15, -0.1) is 0 Å². The zero-order valence-electron chi connectivity index (χ0n) is 17.3. The van der Waals surface area contributed by atoms with Crippen molar-refractivity contribution in [2.45, 2.75) is 40.9 Å². The molecule has 10 heteroatoms. The summed E-state index contributed by atoms with van der Waals surface area (Å²) in [5.41, 5.74) is 4.26. The number of nitrogens with two attached hydrogens (primary N) is 1. The maximum Gasteiger partial charge on any atom is 0.387 e. The van der Waals surface area contributed by atoms with Gasteiger partial charge in [-0.25, -0.2) is 4.79 Å². The summed E-state index contributed by atoms with van der Waals surface area (Å²) in [4.78, 5) is 41.5. The Hall–Kier alpha value is -3.17. The number of hydrogen-bond donors (Lipinski definition) is 2. The number of hydrogen-bond acceptors (Lipinski definition) is 5. The van der Waals surface area contributed by atoms with Crippen molar-refractivity contribution in [3.8, 4) is 5.75 Å². The lowest BCUT2D eigenvalue weighted by molar-refractivity contribution is -0.0501. The molecular weight excluding hydrogens is 398 g/mol. The van der Waals surface area contributed by atoms with E-state index in [1.165, 1.54) is 28.8 Å². The van der Waals surface area contributed by atoms with Crippen LogP contribution >= 0.6 is 0 Å². The third-order valence-corrected chi connectivity index (χ3v) is 4.16. The van der Waals surface area contributed by atoms with E-state index in [1.807, 2.05) is 27.7 Å². The second-order valence-electron chi connectivity index (χ2n) is 7.68. The lowest BCUT2D eigenvalue weighted by atomic mass is 10.1. The van der Waals surface area contributed by atoms with Crippen LogP contribution in [0.25, 0.3) is 0 Å². The van der Waals surface area contributed by atoms with Crippen LogP contribution in [0.15, 0.2) is 33.9 Å². The number of nitrogens with zero attached hydrogens (tertiary/aromatic N) is 2. The van der Waals surface area contributed by atoms with Crippen LogP contribution in [0.4, 0.5) is 20.3 Å². The Labute approximate surface area is 172 Å². The Balaban J connectivity index is 2.67. The van der Waals surface area contributed by atoms with Crippen LogP contribution in [0.5, 0.6) is 5.75 Å². The summed E-state index contributed by atoms with van der Waals surface area (Å²) in [6.45, 7) is 4.53. The van der Waals surface area contributed by atoms with Gasteiger partial charge in [0, 0.05) is 13.1 Å². The smallest absolute Gasteiger partial charge is 0.387 e. The minimum Gasteiger partial charge on any atom is -0.434 e. The Morgan fingerprint density at radius 1 is 1.17 bits per heavy atom. The number of alkyl halides is 2. The van der Waals surface area contributed by atoms with Gasteiger partial charge >= 0.3 is 12.3 Å². The van der Waals surface area contributed by atoms with E-state index in [9.17, 15) is 23.2 Å². The third kappa shape index (κ3) is 5.25. The molecule has 0 aliphatic rings. The molecule has 3 N–H and O–H groups in total. The van der Waals surface area contributed by atoms with Crippen molar-refractivity contribution < 1.29 is 18.3 Å². The Kier molecular flexibility index (Phi) is 7.36. The lowest BCUT2D eigenvalue weighted by Crippen LogP contribution is -2.43. The number of aromatic nitrogens is 2. The molecule has 1 heterocycles. The van der Waals surface area contributed by atoms with E-state index in [0.717, 1.165) is 4.90 Å². The van der Waals surface area contributed by atoms with Crippen molar-refractivity contribution >= 4 is 17.4 Å². The summed E-state index contributed by atoms with van der Waals surface area (Å²) < 4.78 is 31.2. The van der Waals surface area contributed by atoms with Crippen LogP contribution in [0.1, 0.15) is 38.1 Å². The zero-order valence-corrected chi connectivity index (χ0v) is 17.3. The molecule has 0 bridgehead atoms. The Morgan fingerprint density at radius 2 is 1.80 bits per heavy atom. The molecule has 0 fully saturated rings. The molecule has 2 rings (SSSR count). The second kappa shape index (κ2) is 9.55. The fourth-order valence-electron chi connectivity index (χ4n) is 3.01. The molecule has 0 unspecified atom stereocenters. The SMILES string of the molecule is CC(C)CN(C(=O)c1ccccc1OC(F)F)c1c(N)n(CC(C)C)c(=O)[nH]c1=O. The predicted octanol–water partition coefficient (Wildman–Crippen LogP) is 2.68. The summed E-state index contributed by atoms with van der Waals surface area (Å²) in [6.07, 6.45) is 0. The van der Waals surface area contributed by atoms with Gasteiger partial charge in [-0.1, -0.05) is 39.8 Å². The number of para-hydroxylation sites is 1. The van der Waals surface area contributed by atoms with E-state index < -0.39 is 23.8 Å². The van der Waals surface area contributed by atoms with Crippen LogP contribution in [-0.4, -0.2) is 28.6 Å². The largest absolute Gasteiger partial charge is 0.434 e. The van der Waals surface area contributed by atoms with Gasteiger partial charge in [0.15, 0.2) is 5.69 Å². The summed E-state index contributed by atoms with van der Waals surface area (Å²) in [5, 5.41) is 0. The quantitative estimate of drug-likeness (QED) is 0.677. The van der Waals surface area contributed by atoms with E-state index in [2.05, 4.69) is 9.72 Å². The average Bonchev–Trinajstić information content (AvgIpc) is 2.63. The number of halogens is 2. The minimum absolute atomic E-state index is 0.0400. The lowest BCUT2D eigenvalue weighted by Gasteiger charge is -2.27. The molecule has 1 amide bonds. The minimum atomic E-state index is -3.13. The second-order valence-corrected chi connectivity index (χ2v) is 7.68. The summed E-state index contributed by atoms with van der Waals surface area (Å²) in [5.74, 6) is -1.29. The normalized spacial score (nSPS) is 11.4. The number of benzene rings is 1. The van der Waals surface area contributed by atoms with Crippen molar-refractivity contribution in [1.29, 1.82) is 0 Å². The first-order chi connectivity index (χ1) is 14.0. The summed E-state index contributed by atoms with van der Waals surface area (Å²) in [6, 6.07) is 5.50. The van der Waals surface area contributed by atoms with Crippen molar-refractivity contribution in [3.05, 3.63) is 50.7 Å². The average molecular weight is 424 g/mol. The van der Waals surface area contributed by atoms with Gasteiger partial charge in [-0.3, -0.25) is 19.1 Å². The van der Waals surface area contributed by atoms with E-state index >= 15 is 0 Å². The van der Waals surface area contributed by atoms with Crippen LogP contribution in [0, 0.1) is 11.8 Å². The molecule has 0 atom stereocenters. The van der Waals surface area contributed by atoms with Crippen molar-refractivity contribution in [2.24, 2.45) is 11.8 Å². The Bertz CT molecular complexity index is 1010. The van der Waals surface area contributed by atoms with Gasteiger partial charge in [-0.2, -0.15) is 8.78 Å². The van der Waals surface area contributed by atoms with Crippen molar-refractivity contribution in [1.82, 2.24) is 9.55 Å². The molecule has 1 aromatic heterocycles. The van der Waals surface area contributed by atoms with E-state index in [1.54, 1.807) is 0 Å². The monoisotopic (exact) mass is 424 g/mol. The molecule has 0 aliphatic heterocycles. The first kappa shape index (κ1) is 23.1. The van der Waals surface area contributed by atoms with Crippen LogP contribution < -0.4 is 26.6 Å². The van der Waals surface area contributed by atoms with Crippen LogP contribution in [-0.2, 0) is 6.54 Å². The molecule has 0 saturated carbocycles. The van der Waals surface area contributed by atoms with Gasteiger partial charge in [0.05, 0.1) is 5.56 Å². The van der Waals surface area contributed by atoms with Crippen molar-refractivity contribution in [3.63, 3.8) is 0 Å². The topological polar surface area (TPSA) is 110 Å². The maximum absolute atomic E-state index is 13.3. The van der Waals surface area contributed by atoms with E-state index in [4.69, 9.17) is 5.73 Å². The molecule has 0 spiro atoms. The first-order valence-electron chi connectivity index (χ1n) is 9.51. The van der Waals surface area contributed by atoms with Gasteiger partial charge in [0.25, 0.3) is 11.5 Å². The van der Waals surface area contributed by atoms with Crippen LogP contribution in [0.3, 0.4) is 0 Å². The number of nitrogen functional groups attached to an aromatic ring is 1. The van der Waals surface area contributed by atoms with E-state index in [0.29, 0.717) is 0 Å². The first-order valence-corrected chi connectivity index (χ1v) is 9.51. The highest BCUT2D eigenvalue weighted by atomic mass is 19.3. The van der Waals surface area contributed by atoms with Crippen LogP contribution in [0.2, 0.25) is 0 Å². The van der Waals surface area contributed by atoms with E-state index in [-0.39, 0.29) is 47.7 Å². The number of aromatic amines is 1. The molecule has 0 radical (unpaired) electrons. The van der Waals surface area contributed by atoms with Gasteiger partial charge in [-0.05, 0) is 24.0 Å². The van der Waals surface area contributed by atoms with Gasteiger partial charge in [0.2, 0.25) is 0 Å². The molecule has 2 aromatic rings. The molecule has 164 valence electrons. The fraction of sp³-hybridized carbons (Fsp3) is 0.450. The molecule has 1 aromatic carbocycles. The highest BCUT2D eigenvalue weighted by Gasteiger charge is 2.28. The standard InChI is InChI=1S/C20H26F2N4O4/c1-11(2)9-25(18(28)13-7-5-6-8-14(13)30-19(21)22)15-16(23)26(10-12(3)4)20(29)24-17(15)27/h5-8,11-12,19H,9-10,23H2,1-4H3,(H,24,27,29). The fourth-order valence-corrected chi connectivity index (χ4v) is 3.01. The zero-order chi connectivity index (χ0) is 22.6. The summed E-state index contributed by atoms with van der Waals surface area (Å²) >= 11 is 0. The molecule has 0 saturated heterocycles. The number of ether oxygens (including phenoxy) is 1. The molecule has 30 heavy (non-hydrogen) atoms. The number of anilines is 2. The van der Waals surface area contributed by atoms with Gasteiger partial charge in [0.1, 0.15) is 11.6 Å². The third-order valence-electron chi connectivity index (χ3n) is 4.16. The number of carbonyl (C=O) groups is 1. The molecule has 8 nitrogen and oxygen atoms in total. The number of amides is 1. The van der Waals surface area contributed by atoms with Gasteiger partial charge < -0.3 is 15.4 Å².